The van der Waals surface area contributed by atoms with Crippen molar-refractivity contribution >= 4 is 58.8 Å². The average Bonchev–Trinajstić information content (AvgIpc) is 3.14. The van der Waals surface area contributed by atoms with Gasteiger partial charge in [-0.15, -0.1) is 0 Å². The van der Waals surface area contributed by atoms with Crippen LogP contribution in [0.2, 0.25) is 0 Å². The number of halogens is 12. The molecule has 0 aliphatic heterocycles. The van der Waals surface area contributed by atoms with E-state index in [0.717, 1.165) is 12.6 Å². The summed E-state index contributed by atoms with van der Waals surface area (Å²) in [6, 6.07) is 55.8. The minimum Gasteiger partial charge on any atom is -0.418 e. The normalized spacial score (nSPS) is 12.9. The summed E-state index contributed by atoms with van der Waals surface area (Å²) in [7, 11) is -19.0. The summed E-state index contributed by atoms with van der Waals surface area (Å²) in [5, 5.41) is 5.85. The Labute approximate surface area is 354 Å². The van der Waals surface area contributed by atoms with Gasteiger partial charge in [0.25, 0.3) is 0 Å². The van der Waals surface area contributed by atoms with Crippen LogP contribution in [0.5, 0.6) is 0 Å². The van der Waals surface area contributed by atoms with E-state index in [-0.39, 0.29) is 19.5 Å². The molecule has 0 bridgehead atoms. The second-order valence-corrected chi connectivity index (χ2v) is 17.0. The maximum absolute atomic E-state index is 9.75. The third-order valence-electron chi connectivity index (χ3n) is 7.65. The number of hydrogen-bond donors (Lipinski definition) is 0. The van der Waals surface area contributed by atoms with Gasteiger partial charge >= 0.3 is 41.2 Å². The molecule has 0 heterocycles. The van der Waals surface area contributed by atoms with E-state index in [1.165, 1.54) is 52.5 Å². The Morgan fingerprint density at radius 1 is 0.407 bits per heavy atom. The molecule has 0 spiro atoms. The van der Waals surface area contributed by atoms with E-state index in [4.69, 9.17) is 0 Å². The molecule has 18 heteroatoms. The second-order valence-electron chi connectivity index (χ2n) is 12.3. The van der Waals surface area contributed by atoms with Crippen molar-refractivity contribution in [3.05, 3.63) is 182 Å². The Morgan fingerprint density at radius 3 is 0.983 bits per heavy atom. The SMILES string of the molecule is C1=CCCCCC=C1.F[B-](F)(F)F.F[B-](F)(F)F.F[B-](F)(F)F.[Rh+3].c1ccc(C[C@H](CP(c2ccccc2)c2ccccc2)P(c2ccccc2)c2ccccc2)cc1. The zero-order valence-corrected chi connectivity index (χ0v) is 35.0. The van der Waals surface area contributed by atoms with Gasteiger partial charge in [-0.1, -0.05) is 176 Å². The molecule has 0 unspecified atom stereocenters. The molecule has 0 N–H and O–H groups in total. The minimum atomic E-state index is -6.00. The van der Waals surface area contributed by atoms with Crippen LogP contribution in [0.15, 0.2) is 176 Å². The first-order valence-electron chi connectivity index (χ1n) is 18.1. The van der Waals surface area contributed by atoms with Crippen molar-refractivity contribution in [2.24, 2.45) is 0 Å². The van der Waals surface area contributed by atoms with E-state index >= 15 is 0 Å². The average molecular weight is 960 g/mol. The Balaban J connectivity index is 0.000000591. The fourth-order valence-corrected chi connectivity index (χ4v) is 11.5. The van der Waals surface area contributed by atoms with Crippen LogP contribution in [0.1, 0.15) is 31.2 Å². The molecule has 1 aliphatic rings. The molecule has 5 aromatic rings. The molecule has 0 saturated heterocycles. The van der Waals surface area contributed by atoms with E-state index in [2.05, 4.69) is 176 Å². The van der Waals surface area contributed by atoms with Crippen LogP contribution in [-0.4, -0.2) is 33.6 Å². The van der Waals surface area contributed by atoms with Gasteiger partial charge in [-0.25, -0.2) is 0 Å². The maximum atomic E-state index is 9.75. The summed E-state index contributed by atoms with van der Waals surface area (Å²) in [6.45, 7) is 0. The van der Waals surface area contributed by atoms with Crippen molar-refractivity contribution in [1.29, 1.82) is 0 Å². The molecule has 0 aromatic heterocycles. The quantitative estimate of drug-likeness (QED) is 0.0785. The zero-order valence-electron chi connectivity index (χ0n) is 31.6. The Kier molecular flexibility index (Phi) is 26.1. The zero-order chi connectivity index (χ0) is 42.9. The first kappa shape index (κ1) is 53.4. The van der Waals surface area contributed by atoms with Gasteiger partial charge in [0.15, 0.2) is 0 Å². The third kappa shape index (κ3) is 28.5. The van der Waals surface area contributed by atoms with Crippen molar-refractivity contribution in [3.63, 3.8) is 0 Å². The molecule has 1 aliphatic carbocycles. The smallest absolute Gasteiger partial charge is 0.418 e. The van der Waals surface area contributed by atoms with Crippen molar-refractivity contribution in [3.8, 4) is 0 Å². The standard InChI is InChI=1S/C33H30P2.C8H12.3BF4.Rh/c1-6-16-28(17-7-1)26-33(35(31-22-12-4-13-23-31)32-24-14-5-15-25-32)27-34(29-18-8-2-9-19-29)30-20-10-3-11-21-30;1-2-4-6-8-7-5-3-1;3*2-1(3,4)5;/h1-25,33H,26-27H2;1-4H,5-8H2;;;;/q;;3*-1;+3/t33-;;;;;/m1...../s1. The van der Waals surface area contributed by atoms with Gasteiger partial charge < -0.3 is 51.8 Å². The predicted octanol–water partition coefficient (Wildman–Crippen LogP) is 13.4. The van der Waals surface area contributed by atoms with Crippen molar-refractivity contribution in [1.82, 2.24) is 0 Å². The van der Waals surface area contributed by atoms with Crippen LogP contribution in [0.3, 0.4) is 0 Å². The molecule has 318 valence electrons. The van der Waals surface area contributed by atoms with Gasteiger partial charge in [0.05, 0.1) is 0 Å². The molecule has 6 rings (SSSR count). The van der Waals surface area contributed by atoms with Crippen LogP contribution < -0.4 is 21.2 Å². The molecule has 0 saturated carbocycles. The molecule has 59 heavy (non-hydrogen) atoms. The molecule has 5 aromatic carbocycles. The minimum absolute atomic E-state index is 0. The predicted molar refractivity (Wildman–Crippen MR) is 224 cm³/mol. The van der Waals surface area contributed by atoms with E-state index in [1.807, 2.05) is 0 Å². The molecule has 0 nitrogen and oxygen atoms in total. The molecule has 1 atom stereocenters. The maximum Gasteiger partial charge on any atom is 3.00 e. The fraction of sp³-hybridized carbons (Fsp3) is 0.171. The van der Waals surface area contributed by atoms with Gasteiger partial charge in [-0.2, -0.15) is 0 Å². The summed E-state index contributed by atoms with van der Waals surface area (Å²) in [6.07, 6.45) is 16.2. The van der Waals surface area contributed by atoms with Crippen molar-refractivity contribution in [2.45, 2.75) is 37.8 Å². The molecule has 0 amide bonds. The van der Waals surface area contributed by atoms with E-state index in [9.17, 15) is 51.8 Å². The summed E-state index contributed by atoms with van der Waals surface area (Å²) in [4.78, 5) is 0. The van der Waals surface area contributed by atoms with Crippen molar-refractivity contribution < 1.29 is 71.3 Å². The van der Waals surface area contributed by atoms with Crippen LogP contribution in [-0.2, 0) is 25.9 Å². The van der Waals surface area contributed by atoms with E-state index in [0.29, 0.717) is 5.66 Å². The van der Waals surface area contributed by atoms with Gasteiger partial charge in [0.1, 0.15) is 0 Å². The second kappa shape index (κ2) is 28.8. The summed E-state index contributed by atoms with van der Waals surface area (Å²) >= 11 is 0. The van der Waals surface area contributed by atoms with E-state index in [1.54, 1.807) is 0 Å². The van der Waals surface area contributed by atoms with Gasteiger partial charge in [-0.05, 0) is 86.5 Å². The Bertz CT molecular complexity index is 1700. The third-order valence-corrected chi connectivity index (χ3v) is 13.4. The van der Waals surface area contributed by atoms with Gasteiger partial charge in [0.2, 0.25) is 0 Å². The van der Waals surface area contributed by atoms with Crippen LogP contribution >= 0.6 is 15.8 Å². The first-order chi connectivity index (χ1) is 27.4. The molecular formula is C41H42B3F12P2Rh. The number of allylic oxidation sites excluding steroid dienone is 4. The number of benzene rings is 5. The van der Waals surface area contributed by atoms with Gasteiger partial charge in [-0.3, -0.25) is 0 Å². The largest absolute Gasteiger partial charge is 3.00 e. The number of rotatable bonds is 9. The van der Waals surface area contributed by atoms with Crippen LogP contribution in [0, 0.1) is 0 Å². The Morgan fingerprint density at radius 2 is 0.678 bits per heavy atom. The Hall–Kier alpha value is -3.58. The summed E-state index contributed by atoms with van der Waals surface area (Å²) < 4.78 is 117. The monoisotopic (exact) mass is 960 g/mol. The van der Waals surface area contributed by atoms with E-state index < -0.39 is 37.6 Å². The molecule has 0 radical (unpaired) electrons. The fourth-order valence-electron chi connectivity index (χ4n) is 5.53. The number of hydrogen-bond acceptors (Lipinski definition) is 0. The summed E-state index contributed by atoms with van der Waals surface area (Å²) in [5.41, 5.74) is 1.94. The topological polar surface area (TPSA) is 0 Å². The first-order valence-corrected chi connectivity index (χ1v) is 21.1. The molecule has 0 fully saturated rings. The summed E-state index contributed by atoms with van der Waals surface area (Å²) in [5.74, 6) is 0. The molecular weight excluding hydrogens is 918 g/mol. The van der Waals surface area contributed by atoms with Gasteiger partial charge in [0, 0.05) is 0 Å². The van der Waals surface area contributed by atoms with Crippen LogP contribution in [0.25, 0.3) is 0 Å². The van der Waals surface area contributed by atoms with Crippen molar-refractivity contribution in [2.75, 3.05) is 6.16 Å². The van der Waals surface area contributed by atoms with Crippen LogP contribution in [0.4, 0.5) is 51.8 Å².